The van der Waals surface area contributed by atoms with Gasteiger partial charge in [0.1, 0.15) is 5.60 Å². The van der Waals surface area contributed by atoms with Gasteiger partial charge in [0.2, 0.25) is 0 Å². The van der Waals surface area contributed by atoms with Gasteiger partial charge in [-0.25, -0.2) is 4.79 Å². The van der Waals surface area contributed by atoms with Crippen LogP contribution in [0.5, 0.6) is 0 Å². The molecule has 0 aromatic rings. The van der Waals surface area contributed by atoms with Crippen LogP contribution in [0.4, 0.5) is 4.79 Å². The van der Waals surface area contributed by atoms with Crippen LogP contribution in [0, 0.1) is 11.8 Å². The molecular formula is C18H35IN4O4. The van der Waals surface area contributed by atoms with Crippen molar-refractivity contribution in [3.63, 3.8) is 0 Å². The van der Waals surface area contributed by atoms with Crippen LogP contribution in [0.15, 0.2) is 4.99 Å². The van der Waals surface area contributed by atoms with Gasteiger partial charge in [0.25, 0.3) is 0 Å². The van der Waals surface area contributed by atoms with Crippen molar-refractivity contribution in [1.29, 1.82) is 0 Å². The van der Waals surface area contributed by atoms with Crippen molar-refractivity contribution in [2.45, 2.75) is 40.2 Å². The average molecular weight is 498 g/mol. The van der Waals surface area contributed by atoms with E-state index in [1.807, 2.05) is 34.6 Å². The van der Waals surface area contributed by atoms with Gasteiger partial charge in [-0.1, -0.05) is 6.92 Å². The molecule has 0 aromatic heterocycles. The molecule has 158 valence electrons. The third-order valence-electron chi connectivity index (χ3n) is 4.15. The number of nitrogens with zero attached hydrogens (tertiary/aromatic N) is 3. The lowest BCUT2D eigenvalue weighted by atomic mass is 9.99. The third kappa shape index (κ3) is 8.52. The Morgan fingerprint density at radius 3 is 2.44 bits per heavy atom. The van der Waals surface area contributed by atoms with Crippen molar-refractivity contribution in [3.8, 4) is 0 Å². The van der Waals surface area contributed by atoms with Gasteiger partial charge < -0.3 is 24.6 Å². The maximum Gasteiger partial charge on any atom is 0.410 e. The van der Waals surface area contributed by atoms with Crippen LogP contribution in [0.1, 0.15) is 34.6 Å². The van der Waals surface area contributed by atoms with Gasteiger partial charge in [-0.05, 0) is 33.6 Å². The summed E-state index contributed by atoms with van der Waals surface area (Å²) in [7, 11) is 3.12. The Kier molecular flexibility index (Phi) is 11.0. The van der Waals surface area contributed by atoms with Gasteiger partial charge in [-0.15, -0.1) is 24.0 Å². The number of halogens is 1. The topological polar surface area (TPSA) is 83.5 Å². The summed E-state index contributed by atoms with van der Waals surface area (Å²) in [6, 6.07) is 0. The van der Waals surface area contributed by atoms with Crippen molar-refractivity contribution < 1.29 is 19.1 Å². The van der Waals surface area contributed by atoms with Crippen LogP contribution < -0.4 is 5.32 Å². The van der Waals surface area contributed by atoms with E-state index in [4.69, 9.17) is 9.47 Å². The Morgan fingerprint density at radius 2 is 1.93 bits per heavy atom. The number of hydrogen-bond donors (Lipinski definition) is 1. The predicted molar refractivity (Wildman–Crippen MR) is 117 cm³/mol. The first-order valence-electron chi connectivity index (χ1n) is 9.14. The van der Waals surface area contributed by atoms with E-state index in [-0.39, 0.29) is 47.9 Å². The van der Waals surface area contributed by atoms with Crippen LogP contribution in [0.25, 0.3) is 0 Å². The number of aliphatic imine (C=N–C) groups is 1. The summed E-state index contributed by atoms with van der Waals surface area (Å²) in [5.74, 6) is 0.632. The molecule has 1 heterocycles. The fraction of sp³-hybridized carbons (Fsp3) is 0.833. The highest BCUT2D eigenvalue weighted by molar-refractivity contribution is 14.0. The fourth-order valence-electron chi connectivity index (χ4n) is 2.76. The molecule has 1 fully saturated rings. The summed E-state index contributed by atoms with van der Waals surface area (Å²) in [5.41, 5.74) is -0.516. The lowest BCUT2D eigenvalue weighted by molar-refractivity contribution is -0.145. The minimum absolute atomic E-state index is 0. The second-order valence-corrected chi connectivity index (χ2v) is 7.65. The van der Waals surface area contributed by atoms with Crippen molar-refractivity contribution in [1.82, 2.24) is 15.1 Å². The lowest BCUT2D eigenvalue weighted by Crippen LogP contribution is -2.41. The van der Waals surface area contributed by atoms with E-state index in [0.717, 1.165) is 19.0 Å². The molecule has 27 heavy (non-hydrogen) atoms. The van der Waals surface area contributed by atoms with E-state index in [0.29, 0.717) is 19.6 Å². The molecule has 9 heteroatoms. The summed E-state index contributed by atoms with van der Waals surface area (Å²) in [4.78, 5) is 32.1. The van der Waals surface area contributed by atoms with Crippen LogP contribution in [-0.2, 0) is 14.3 Å². The molecule has 1 rings (SSSR count). The van der Waals surface area contributed by atoms with Gasteiger partial charge in [-0.2, -0.15) is 0 Å². The molecule has 0 bridgehead atoms. The number of nitrogens with one attached hydrogen (secondary N) is 1. The number of amides is 1. The van der Waals surface area contributed by atoms with Crippen LogP contribution in [0.2, 0.25) is 0 Å². The molecule has 1 N–H and O–H groups in total. The molecular weight excluding hydrogens is 463 g/mol. The van der Waals surface area contributed by atoms with E-state index in [2.05, 4.69) is 15.2 Å². The van der Waals surface area contributed by atoms with E-state index < -0.39 is 5.60 Å². The van der Waals surface area contributed by atoms with Crippen molar-refractivity contribution in [2.24, 2.45) is 16.8 Å². The summed E-state index contributed by atoms with van der Waals surface area (Å²) >= 11 is 0. The quantitative estimate of drug-likeness (QED) is 0.271. The number of rotatable bonds is 5. The molecule has 1 amide bonds. The summed E-state index contributed by atoms with van der Waals surface area (Å²) in [6.45, 7) is 12.5. The number of likely N-dealkylation sites (N-methyl/N-ethyl adjacent to an activating group) is 1. The van der Waals surface area contributed by atoms with Gasteiger partial charge in [0, 0.05) is 33.2 Å². The minimum atomic E-state index is -0.516. The van der Waals surface area contributed by atoms with Crippen LogP contribution in [0.3, 0.4) is 0 Å². The molecule has 0 aliphatic carbocycles. The van der Waals surface area contributed by atoms with Crippen molar-refractivity contribution >= 4 is 42.0 Å². The monoisotopic (exact) mass is 498 g/mol. The van der Waals surface area contributed by atoms with Crippen LogP contribution in [-0.4, -0.2) is 80.3 Å². The summed E-state index contributed by atoms with van der Waals surface area (Å²) in [6.07, 6.45) is -0.363. The predicted octanol–water partition coefficient (Wildman–Crippen LogP) is 2.18. The van der Waals surface area contributed by atoms with E-state index >= 15 is 0 Å². The number of guanidine groups is 1. The van der Waals surface area contributed by atoms with Gasteiger partial charge >= 0.3 is 12.1 Å². The highest BCUT2D eigenvalue weighted by Crippen LogP contribution is 2.24. The second-order valence-electron chi connectivity index (χ2n) is 7.65. The normalized spacial score (nSPS) is 20.0. The van der Waals surface area contributed by atoms with E-state index in [1.54, 1.807) is 7.05 Å². The molecule has 0 aromatic carbocycles. The number of carbonyl (C=O) groups is 2. The number of ether oxygens (including phenoxy) is 2. The first kappa shape index (κ1) is 25.7. The number of hydrogen-bond acceptors (Lipinski definition) is 5. The first-order chi connectivity index (χ1) is 12.1. The third-order valence-corrected chi connectivity index (χ3v) is 4.15. The fourth-order valence-corrected chi connectivity index (χ4v) is 2.76. The molecule has 0 spiro atoms. The molecule has 1 aliphatic heterocycles. The molecule has 1 saturated heterocycles. The van der Waals surface area contributed by atoms with Gasteiger partial charge in [-0.3, -0.25) is 9.79 Å². The zero-order valence-electron chi connectivity index (χ0n) is 17.6. The van der Waals surface area contributed by atoms with E-state index in [9.17, 15) is 9.59 Å². The molecule has 8 nitrogen and oxygen atoms in total. The number of carbonyl (C=O) groups excluding carboxylic acids is 2. The standard InChI is InChI=1S/C18H34N4O4.HI/c1-8-19-16(22-11-13(2)14(12-22)15(23)25-7)20-9-10-21(6)17(24)26-18(3,4)5;/h13-14H,8-12H2,1-7H3,(H,19,20);1H. The summed E-state index contributed by atoms with van der Waals surface area (Å²) in [5, 5.41) is 3.25. The Hall–Kier alpha value is -1.26. The number of esters is 1. The van der Waals surface area contributed by atoms with Crippen molar-refractivity contribution in [2.75, 3.05) is 46.9 Å². The zero-order chi connectivity index (χ0) is 19.9. The van der Waals surface area contributed by atoms with E-state index in [1.165, 1.54) is 12.0 Å². The molecule has 2 unspecified atom stereocenters. The van der Waals surface area contributed by atoms with Gasteiger partial charge in [0.05, 0.1) is 19.6 Å². The smallest absolute Gasteiger partial charge is 0.410 e. The summed E-state index contributed by atoms with van der Waals surface area (Å²) < 4.78 is 10.2. The number of likely N-dealkylation sites (tertiary alicyclic amines) is 1. The Balaban J connectivity index is 0.00000676. The highest BCUT2D eigenvalue weighted by Gasteiger charge is 2.36. The highest BCUT2D eigenvalue weighted by atomic mass is 127. The Labute approximate surface area is 180 Å². The second kappa shape index (κ2) is 11.6. The maximum atomic E-state index is 12.0. The average Bonchev–Trinajstić information content (AvgIpc) is 2.93. The SMILES string of the molecule is CCNC(=NCCN(C)C(=O)OC(C)(C)C)N1CC(C)C(C(=O)OC)C1.I. The first-order valence-corrected chi connectivity index (χ1v) is 9.14. The number of methoxy groups -OCH3 is 1. The minimum Gasteiger partial charge on any atom is -0.469 e. The molecule has 1 aliphatic rings. The Morgan fingerprint density at radius 1 is 1.30 bits per heavy atom. The van der Waals surface area contributed by atoms with Crippen molar-refractivity contribution in [3.05, 3.63) is 0 Å². The van der Waals surface area contributed by atoms with Crippen LogP contribution >= 0.6 is 24.0 Å². The molecule has 0 radical (unpaired) electrons. The molecule has 0 saturated carbocycles. The Bertz CT molecular complexity index is 522. The molecule has 2 atom stereocenters. The zero-order valence-corrected chi connectivity index (χ0v) is 19.9. The largest absolute Gasteiger partial charge is 0.469 e. The maximum absolute atomic E-state index is 12.0. The van der Waals surface area contributed by atoms with Gasteiger partial charge in [0.15, 0.2) is 5.96 Å². The lowest BCUT2D eigenvalue weighted by Gasteiger charge is -2.25.